The number of hydrogen-bond acceptors (Lipinski definition) is 4. The third kappa shape index (κ3) is 2.42. The van der Waals surface area contributed by atoms with Crippen LogP contribution < -0.4 is 14.2 Å². The first kappa shape index (κ1) is 14.2. The lowest BCUT2D eigenvalue weighted by Gasteiger charge is -2.52. The van der Waals surface area contributed by atoms with Crippen LogP contribution in [-0.4, -0.2) is 37.8 Å². The van der Waals surface area contributed by atoms with Gasteiger partial charge < -0.3 is 14.2 Å². The van der Waals surface area contributed by atoms with Crippen LogP contribution in [0.2, 0.25) is 0 Å². The Morgan fingerprint density at radius 2 is 1.71 bits per heavy atom. The topological polar surface area (TPSA) is 30.9 Å². The lowest BCUT2D eigenvalue weighted by atomic mass is 9.74. The second-order valence-corrected chi connectivity index (χ2v) is 7.20. The third-order valence-electron chi connectivity index (χ3n) is 5.20. The van der Waals surface area contributed by atoms with Crippen LogP contribution in [0.5, 0.6) is 17.2 Å². The first-order valence-corrected chi connectivity index (χ1v) is 8.61. The number of para-hydroxylation sites is 1. The quantitative estimate of drug-likeness (QED) is 0.850. The average Bonchev–Trinajstić information content (AvgIpc) is 2.60. The number of rotatable bonds is 2. The van der Waals surface area contributed by atoms with Gasteiger partial charge in [-0.15, -0.1) is 0 Å². The molecule has 1 saturated heterocycles. The van der Waals surface area contributed by atoms with E-state index in [4.69, 9.17) is 14.2 Å². The van der Waals surface area contributed by atoms with Gasteiger partial charge in [0.15, 0.2) is 11.5 Å². The molecule has 2 aromatic carbocycles. The van der Waals surface area contributed by atoms with Crippen molar-refractivity contribution in [1.29, 1.82) is 0 Å². The van der Waals surface area contributed by atoms with Crippen molar-refractivity contribution in [3.05, 3.63) is 53.6 Å². The normalized spacial score (nSPS) is 20.8. The van der Waals surface area contributed by atoms with Crippen molar-refractivity contribution in [2.75, 3.05) is 32.9 Å². The van der Waals surface area contributed by atoms with Crippen molar-refractivity contribution < 1.29 is 14.2 Å². The standard InChI is InChI=1S/C20H21NO3/c1-2-4-17-16(3-1)10-20(14-24-17)12-21(13-20)11-15-5-6-18-19(9-15)23-8-7-22-18/h1-6,9H,7-8,10-14H2. The van der Waals surface area contributed by atoms with E-state index in [0.29, 0.717) is 18.6 Å². The van der Waals surface area contributed by atoms with Crippen LogP contribution in [0.1, 0.15) is 11.1 Å². The maximum absolute atomic E-state index is 5.99. The second kappa shape index (κ2) is 5.42. The van der Waals surface area contributed by atoms with Gasteiger partial charge >= 0.3 is 0 Å². The van der Waals surface area contributed by atoms with Crippen LogP contribution in [0.25, 0.3) is 0 Å². The molecule has 124 valence electrons. The summed E-state index contributed by atoms with van der Waals surface area (Å²) in [6.07, 6.45) is 1.13. The van der Waals surface area contributed by atoms with E-state index in [1.54, 1.807) is 0 Å². The third-order valence-corrected chi connectivity index (χ3v) is 5.20. The summed E-state index contributed by atoms with van der Waals surface area (Å²) in [7, 11) is 0. The maximum atomic E-state index is 5.99. The summed E-state index contributed by atoms with van der Waals surface area (Å²) >= 11 is 0. The van der Waals surface area contributed by atoms with Crippen LogP contribution in [-0.2, 0) is 13.0 Å². The van der Waals surface area contributed by atoms with Crippen LogP contribution in [0.4, 0.5) is 0 Å². The Hall–Kier alpha value is -2.20. The van der Waals surface area contributed by atoms with Crippen LogP contribution in [0.3, 0.4) is 0 Å². The SMILES string of the molecule is c1ccc2c(c1)CC1(CO2)CN(Cc2ccc3c(c2)OCCO3)C1. The Morgan fingerprint density at radius 1 is 0.875 bits per heavy atom. The fraction of sp³-hybridized carbons (Fsp3) is 0.400. The molecule has 0 atom stereocenters. The molecule has 0 amide bonds. The number of likely N-dealkylation sites (tertiary alicyclic amines) is 1. The van der Waals surface area contributed by atoms with Crippen molar-refractivity contribution in [2.24, 2.45) is 5.41 Å². The molecule has 1 spiro atoms. The monoisotopic (exact) mass is 323 g/mol. The highest BCUT2D eigenvalue weighted by molar-refractivity contribution is 5.44. The number of ether oxygens (including phenoxy) is 3. The largest absolute Gasteiger partial charge is 0.493 e. The Labute approximate surface area is 141 Å². The highest BCUT2D eigenvalue weighted by Crippen LogP contribution is 2.41. The molecule has 2 aromatic rings. The van der Waals surface area contributed by atoms with Crippen molar-refractivity contribution in [1.82, 2.24) is 4.90 Å². The van der Waals surface area contributed by atoms with Gasteiger partial charge in [0.2, 0.25) is 0 Å². The van der Waals surface area contributed by atoms with Crippen molar-refractivity contribution >= 4 is 0 Å². The van der Waals surface area contributed by atoms with Gasteiger partial charge in [-0.05, 0) is 35.7 Å². The second-order valence-electron chi connectivity index (χ2n) is 7.20. The number of hydrogen-bond donors (Lipinski definition) is 0. The molecular weight excluding hydrogens is 302 g/mol. The maximum Gasteiger partial charge on any atom is 0.161 e. The van der Waals surface area contributed by atoms with E-state index < -0.39 is 0 Å². The van der Waals surface area contributed by atoms with Crippen molar-refractivity contribution in [3.8, 4) is 17.2 Å². The molecule has 4 heteroatoms. The van der Waals surface area contributed by atoms with E-state index >= 15 is 0 Å². The zero-order chi connectivity index (χ0) is 16.0. The summed E-state index contributed by atoms with van der Waals surface area (Å²) in [5.74, 6) is 2.81. The van der Waals surface area contributed by atoms with E-state index in [0.717, 1.165) is 49.9 Å². The highest BCUT2D eigenvalue weighted by atomic mass is 16.6. The van der Waals surface area contributed by atoms with E-state index in [2.05, 4.69) is 35.2 Å². The molecule has 0 saturated carbocycles. The summed E-state index contributed by atoms with van der Waals surface area (Å²) in [6, 6.07) is 14.7. The minimum Gasteiger partial charge on any atom is -0.493 e. The fourth-order valence-electron chi connectivity index (χ4n) is 4.14. The molecule has 3 heterocycles. The van der Waals surface area contributed by atoms with Crippen molar-refractivity contribution in [3.63, 3.8) is 0 Å². The van der Waals surface area contributed by atoms with Crippen LogP contribution >= 0.6 is 0 Å². The van der Waals surface area contributed by atoms with Gasteiger partial charge in [0.05, 0.1) is 6.61 Å². The van der Waals surface area contributed by atoms with E-state index in [9.17, 15) is 0 Å². The molecule has 0 radical (unpaired) electrons. The number of nitrogens with zero attached hydrogens (tertiary/aromatic N) is 1. The summed E-state index contributed by atoms with van der Waals surface area (Å²) in [5, 5.41) is 0. The van der Waals surface area contributed by atoms with Gasteiger partial charge in [0.1, 0.15) is 19.0 Å². The number of benzene rings is 2. The minimum atomic E-state index is 0.294. The van der Waals surface area contributed by atoms with Gasteiger partial charge in [-0.1, -0.05) is 24.3 Å². The Bertz CT molecular complexity index is 767. The summed E-state index contributed by atoms with van der Waals surface area (Å²) < 4.78 is 17.3. The van der Waals surface area contributed by atoms with E-state index in [-0.39, 0.29) is 0 Å². The molecule has 3 aliphatic heterocycles. The molecule has 0 bridgehead atoms. The Morgan fingerprint density at radius 3 is 2.62 bits per heavy atom. The van der Waals surface area contributed by atoms with E-state index in [1.165, 1.54) is 11.1 Å². The van der Waals surface area contributed by atoms with Gasteiger partial charge in [0, 0.05) is 25.0 Å². The molecule has 0 unspecified atom stereocenters. The average molecular weight is 323 g/mol. The van der Waals surface area contributed by atoms with Gasteiger partial charge in [0.25, 0.3) is 0 Å². The highest BCUT2D eigenvalue weighted by Gasteiger charge is 2.45. The van der Waals surface area contributed by atoms with Gasteiger partial charge in [-0.25, -0.2) is 0 Å². The molecule has 3 aliphatic rings. The first-order chi connectivity index (χ1) is 11.8. The zero-order valence-electron chi connectivity index (χ0n) is 13.7. The molecule has 0 aliphatic carbocycles. The zero-order valence-corrected chi connectivity index (χ0v) is 13.7. The summed E-state index contributed by atoms with van der Waals surface area (Å²) in [6.45, 7) is 5.26. The fourth-order valence-corrected chi connectivity index (χ4v) is 4.14. The van der Waals surface area contributed by atoms with Crippen LogP contribution in [0, 0.1) is 5.41 Å². The van der Waals surface area contributed by atoms with Crippen molar-refractivity contribution in [2.45, 2.75) is 13.0 Å². The predicted octanol–water partition coefficient (Wildman–Crippen LogP) is 2.89. The molecule has 1 fully saturated rings. The predicted molar refractivity (Wildman–Crippen MR) is 90.8 cm³/mol. The molecule has 4 nitrogen and oxygen atoms in total. The molecular formula is C20H21NO3. The lowest BCUT2D eigenvalue weighted by Crippen LogP contribution is -2.60. The Balaban J connectivity index is 1.25. The Kier molecular flexibility index (Phi) is 3.20. The summed E-state index contributed by atoms with van der Waals surface area (Å²) in [4.78, 5) is 2.49. The van der Waals surface area contributed by atoms with Gasteiger partial charge in [-0.3, -0.25) is 4.90 Å². The molecule has 0 aromatic heterocycles. The van der Waals surface area contributed by atoms with Crippen LogP contribution in [0.15, 0.2) is 42.5 Å². The number of fused-ring (bicyclic) bond motifs is 2. The molecule has 0 N–H and O–H groups in total. The van der Waals surface area contributed by atoms with Gasteiger partial charge in [-0.2, -0.15) is 0 Å². The first-order valence-electron chi connectivity index (χ1n) is 8.61. The minimum absolute atomic E-state index is 0.294. The lowest BCUT2D eigenvalue weighted by molar-refractivity contribution is -0.0478. The smallest absolute Gasteiger partial charge is 0.161 e. The molecule has 5 rings (SSSR count). The molecule has 24 heavy (non-hydrogen) atoms. The van der Waals surface area contributed by atoms with E-state index in [1.807, 2.05) is 12.1 Å². The summed E-state index contributed by atoms with van der Waals surface area (Å²) in [5.41, 5.74) is 2.93.